The van der Waals surface area contributed by atoms with Crippen LogP contribution in [0.2, 0.25) is 10.0 Å². The van der Waals surface area contributed by atoms with Gasteiger partial charge in [-0.2, -0.15) is 0 Å². The number of anilines is 1. The molecule has 0 heterocycles. The number of halogens is 3. The van der Waals surface area contributed by atoms with Gasteiger partial charge >= 0.3 is 0 Å². The van der Waals surface area contributed by atoms with Crippen molar-refractivity contribution >= 4 is 73.3 Å². The summed E-state index contributed by atoms with van der Waals surface area (Å²) in [6, 6.07) is 28.2. The van der Waals surface area contributed by atoms with Crippen LogP contribution in [0.3, 0.4) is 0 Å². The molecule has 0 bridgehead atoms. The molecule has 0 radical (unpaired) electrons. The maximum absolute atomic E-state index is 14.5. The molecular weight excluding hydrogens is 744 g/mol. The van der Waals surface area contributed by atoms with Gasteiger partial charge in [-0.3, -0.25) is 13.9 Å². The fraction of sp³-hybridized carbons (Fsp3) is 0.235. The van der Waals surface area contributed by atoms with Gasteiger partial charge in [-0.25, -0.2) is 8.42 Å². The number of sulfonamides is 1. The molecule has 1 atom stereocenters. The Morgan fingerprint density at radius 2 is 1.49 bits per heavy atom. The molecule has 0 spiro atoms. The summed E-state index contributed by atoms with van der Waals surface area (Å²) >= 11 is 14.9. The number of nitrogens with zero attached hydrogens (tertiary/aromatic N) is 2. The van der Waals surface area contributed by atoms with Gasteiger partial charge in [0, 0.05) is 33.1 Å². The second-order valence-electron chi connectivity index (χ2n) is 10.9. The number of rotatable bonds is 13. The molecular formula is C34H34Cl2IN3O4S. The van der Waals surface area contributed by atoms with E-state index in [1.807, 2.05) is 44.2 Å². The first-order valence-electron chi connectivity index (χ1n) is 14.3. The molecule has 236 valence electrons. The van der Waals surface area contributed by atoms with E-state index in [-0.39, 0.29) is 29.7 Å². The number of hydrogen-bond acceptors (Lipinski definition) is 4. The van der Waals surface area contributed by atoms with Crippen molar-refractivity contribution in [3.63, 3.8) is 0 Å². The van der Waals surface area contributed by atoms with Gasteiger partial charge in [0.2, 0.25) is 11.8 Å². The molecule has 1 unspecified atom stereocenters. The van der Waals surface area contributed by atoms with E-state index in [4.69, 9.17) is 23.2 Å². The fourth-order valence-electron chi connectivity index (χ4n) is 4.67. The second-order valence-corrected chi connectivity index (χ2v) is 14.9. The number of hydrogen-bond donors (Lipinski definition) is 1. The molecule has 0 saturated heterocycles. The third-order valence-corrected chi connectivity index (χ3v) is 10.1. The lowest BCUT2D eigenvalue weighted by Crippen LogP contribution is -2.53. The molecule has 0 aliphatic rings. The van der Waals surface area contributed by atoms with Crippen molar-refractivity contribution in [3.8, 4) is 0 Å². The van der Waals surface area contributed by atoms with E-state index >= 15 is 0 Å². The molecule has 1 N–H and O–H groups in total. The summed E-state index contributed by atoms with van der Waals surface area (Å²) < 4.78 is 30.1. The largest absolute Gasteiger partial charge is 0.354 e. The normalized spacial score (nSPS) is 12.0. The van der Waals surface area contributed by atoms with E-state index in [1.54, 1.807) is 60.7 Å². The first-order valence-corrected chi connectivity index (χ1v) is 17.6. The Kier molecular flexibility index (Phi) is 12.3. The number of nitrogens with one attached hydrogen (secondary N) is 1. The average Bonchev–Trinajstić information content (AvgIpc) is 3.02. The zero-order valence-corrected chi connectivity index (χ0v) is 29.4. The maximum Gasteiger partial charge on any atom is 0.264 e. The van der Waals surface area contributed by atoms with Gasteiger partial charge in [0.25, 0.3) is 10.0 Å². The van der Waals surface area contributed by atoms with Gasteiger partial charge in [0.1, 0.15) is 12.6 Å². The standard InChI is InChI=1S/C34H34Cl2IN3O4S/c1-24(2)21-38-34(42)32(19-25-9-5-3-6-10-25)39(22-26-13-14-27(35)20-31(26)36)33(41)23-40(29-17-15-28(37)16-18-29)45(43,44)30-11-7-4-8-12-30/h3-18,20,24,32H,19,21-23H2,1-2H3,(H,38,42). The molecule has 0 aromatic heterocycles. The minimum Gasteiger partial charge on any atom is -0.354 e. The molecule has 0 aliphatic heterocycles. The minimum atomic E-state index is -4.17. The first kappa shape index (κ1) is 34.7. The Hall–Kier alpha value is -3.12. The smallest absolute Gasteiger partial charge is 0.264 e. The summed E-state index contributed by atoms with van der Waals surface area (Å²) in [5.74, 6) is -0.744. The molecule has 0 fully saturated rings. The second kappa shape index (κ2) is 15.9. The van der Waals surface area contributed by atoms with Gasteiger partial charge in [-0.15, -0.1) is 0 Å². The fourth-order valence-corrected chi connectivity index (χ4v) is 6.93. The molecule has 7 nitrogen and oxygen atoms in total. The predicted molar refractivity (Wildman–Crippen MR) is 189 cm³/mol. The van der Waals surface area contributed by atoms with Crippen molar-refractivity contribution < 1.29 is 18.0 Å². The van der Waals surface area contributed by atoms with E-state index in [1.165, 1.54) is 17.0 Å². The molecule has 4 aromatic rings. The first-order chi connectivity index (χ1) is 21.5. The van der Waals surface area contributed by atoms with Gasteiger partial charge in [0.05, 0.1) is 10.6 Å². The lowest BCUT2D eigenvalue weighted by atomic mass is 10.0. The van der Waals surface area contributed by atoms with Crippen molar-refractivity contribution in [2.45, 2.75) is 37.8 Å². The quantitative estimate of drug-likeness (QED) is 0.146. The lowest BCUT2D eigenvalue weighted by molar-refractivity contribution is -0.140. The average molecular weight is 779 g/mol. The van der Waals surface area contributed by atoms with Crippen molar-refractivity contribution in [2.24, 2.45) is 5.92 Å². The van der Waals surface area contributed by atoms with Crippen LogP contribution >= 0.6 is 45.8 Å². The topological polar surface area (TPSA) is 86.8 Å². The van der Waals surface area contributed by atoms with Crippen LogP contribution in [-0.2, 0) is 32.6 Å². The van der Waals surface area contributed by atoms with Crippen LogP contribution in [0.15, 0.2) is 108 Å². The number of benzene rings is 4. The van der Waals surface area contributed by atoms with Crippen LogP contribution < -0.4 is 9.62 Å². The Morgan fingerprint density at radius 3 is 2.09 bits per heavy atom. The summed E-state index contributed by atoms with van der Waals surface area (Å²) in [4.78, 5) is 29.8. The zero-order valence-electron chi connectivity index (χ0n) is 24.9. The highest BCUT2D eigenvalue weighted by atomic mass is 127. The van der Waals surface area contributed by atoms with Crippen LogP contribution in [0.4, 0.5) is 5.69 Å². The Morgan fingerprint density at radius 1 is 0.867 bits per heavy atom. The Labute approximate surface area is 288 Å². The molecule has 2 amide bonds. The summed E-state index contributed by atoms with van der Waals surface area (Å²) in [6.45, 7) is 3.77. The Balaban J connectivity index is 1.81. The van der Waals surface area contributed by atoms with Crippen molar-refractivity contribution in [1.29, 1.82) is 0 Å². The maximum atomic E-state index is 14.5. The molecule has 11 heteroatoms. The van der Waals surface area contributed by atoms with E-state index in [0.29, 0.717) is 27.8 Å². The SMILES string of the molecule is CC(C)CNC(=O)C(Cc1ccccc1)N(Cc1ccc(Cl)cc1Cl)C(=O)CN(c1ccc(I)cc1)S(=O)(=O)c1ccccc1. The highest BCUT2D eigenvalue weighted by Crippen LogP contribution is 2.27. The predicted octanol–water partition coefficient (Wildman–Crippen LogP) is 7.21. The molecule has 4 rings (SSSR count). The monoisotopic (exact) mass is 777 g/mol. The van der Waals surface area contributed by atoms with Crippen LogP contribution in [0.1, 0.15) is 25.0 Å². The highest BCUT2D eigenvalue weighted by Gasteiger charge is 2.35. The molecule has 0 saturated carbocycles. The molecule has 4 aromatic carbocycles. The van der Waals surface area contributed by atoms with E-state index < -0.39 is 28.5 Å². The molecule has 0 aliphatic carbocycles. The van der Waals surface area contributed by atoms with Crippen LogP contribution in [0.5, 0.6) is 0 Å². The minimum absolute atomic E-state index is 0.0409. The summed E-state index contributed by atoms with van der Waals surface area (Å²) in [5, 5.41) is 3.73. The zero-order chi connectivity index (χ0) is 32.6. The van der Waals surface area contributed by atoms with Crippen molar-refractivity contribution in [1.82, 2.24) is 10.2 Å². The third-order valence-electron chi connectivity index (χ3n) is 7.04. The van der Waals surface area contributed by atoms with Gasteiger partial charge in [0.15, 0.2) is 0 Å². The van der Waals surface area contributed by atoms with E-state index in [2.05, 4.69) is 27.9 Å². The number of carbonyl (C=O) groups is 2. The van der Waals surface area contributed by atoms with Gasteiger partial charge in [-0.05, 0) is 88.2 Å². The number of amides is 2. The van der Waals surface area contributed by atoms with Crippen LogP contribution in [0.25, 0.3) is 0 Å². The summed E-state index contributed by atoms with van der Waals surface area (Å²) in [5.41, 5.74) is 1.73. The van der Waals surface area contributed by atoms with E-state index in [9.17, 15) is 18.0 Å². The van der Waals surface area contributed by atoms with Gasteiger partial charge in [-0.1, -0.05) is 91.6 Å². The third kappa shape index (κ3) is 9.45. The van der Waals surface area contributed by atoms with E-state index in [0.717, 1.165) is 13.4 Å². The van der Waals surface area contributed by atoms with Crippen molar-refractivity contribution in [2.75, 3.05) is 17.4 Å². The van der Waals surface area contributed by atoms with Crippen LogP contribution in [0, 0.1) is 9.49 Å². The van der Waals surface area contributed by atoms with Crippen LogP contribution in [-0.4, -0.2) is 44.3 Å². The summed E-state index contributed by atoms with van der Waals surface area (Å²) in [6.07, 6.45) is 0.205. The Bertz CT molecular complexity index is 1710. The van der Waals surface area contributed by atoms with Gasteiger partial charge < -0.3 is 10.2 Å². The van der Waals surface area contributed by atoms with Crippen molar-refractivity contribution in [3.05, 3.63) is 128 Å². The lowest BCUT2D eigenvalue weighted by Gasteiger charge is -2.34. The number of carbonyl (C=O) groups excluding carboxylic acids is 2. The summed E-state index contributed by atoms with van der Waals surface area (Å²) in [7, 11) is -4.17. The molecule has 45 heavy (non-hydrogen) atoms. The highest BCUT2D eigenvalue weighted by molar-refractivity contribution is 14.1.